The standard InChI is InChI=1S/2C4H4O4.B/c2*5-3(6)1-2-4(7)8;/h2*1-2H,(H,5,6)(H,7,8);/b2*2-1-;. The minimum absolute atomic E-state index is 0. The molecule has 0 spiro atoms. The van der Waals surface area contributed by atoms with Gasteiger partial charge in [-0.15, -0.1) is 0 Å². The maximum absolute atomic E-state index is 9.55. The summed E-state index contributed by atoms with van der Waals surface area (Å²) in [6.45, 7) is 0. The van der Waals surface area contributed by atoms with Gasteiger partial charge in [0, 0.05) is 32.7 Å². The summed E-state index contributed by atoms with van der Waals surface area (Å²) in [6.07, 6.45) is 2.23. The van der Waals surface area contributed by atoms with E-state index in [4.69, 9.17) is 20.4 Å². The molecule has 0 amide bonds. The maximum Gasteiger partial charge on any atom is 0.328 e. The Morgan fingerprint density at radius 1 is 0.529 bits per heavy atom. The van der Waals surface area contributed by atoms with E-state index >= 15 is 0 Å². The number of carboxylic acids is 4. The molecule has 0 aliphatic rings. The van der Waals surface area contributed by atoms with Gasteiger partial charge in [0.15, 0.2) is 0 Å². The highest BCUT2D eigenvalue weighted by molar-refractivity contribution is 5.90. The molecule has 17 heavy (non-hydrogen) atoms. The Labute approximate surface area is 97.1 Å². The van der Waals surface area contributed by atoms with Gasteiger partial charge in [0.1, 0.15) is 0 Å². The lowest BCUT2D eigenvalue weighted by atomic mass is 10.5. The molecule has 0 fully saturated rings. The van der Waals surface area contributed by atoms with E-state index in [9.17, 15) is 19.2 Å². The van der Waals surface area contributed by atoms with Crippen LogP contribution < -0.4 is 0 Å². The summed E-state index contributed by atoms with van der Waals surface area (Å²) in [6, 6.07) is 0. The monoisotopic (exact) mass is 243 g/mol. The second-order valence-electron chi connectivity index (χ2n) is 2.02. The van der Waals surface area contributed by atoms with E-state index in [1.807, 2.05) is 0 Å². The van der Waals surface area contributed by atoms with Gasteiger partial charge in [-0.3, -0.25) is 0 Å². The number of carbonyl (C=O) groups is 4. The summed E-state index contributed by atoms with van der Waals surface area (Å²) in [5.74, 6) is -5.03. The molecule has 8 nitrogen and oxygen atoms in total. The van der Waals surface area contributed by atoms with Crippen molar-refractivity contribution in [3.8, 4) is 0 Å². The van der Waals surface area contributed by atoms with E-state index in [0.29, 0.717) is 24.3 Å². The number of carboxylic acid groups (broad SMARTS) is 4. The molecular formula is C8H8BO8. The highest BCUT2D eigenvalue weighted by Gasteiger charge is 1.88. The summed E-state index contributed by atoms with van der Waals surface area (Å²) in [4.78, 5) is 38.2. The predicted octanol–water partition coefficient (Wildman–Crippen LogP) is -0.957. The Morgan fingerprint density at radius 2 is 0.647 bits per heavy atom. The molecule has 0 saturated heterocycles. The van der Waals surface area contributed by atoms with Crippen LogP contribution in [0.4, 0.5) is 0 Å². The topological polar surface area (TPSA) is 149 Å². The molecular weight excluding hydrogens is 235 g/mol. The van der Waals surface area contributed by atoms with Crippen LogP contribution in [0.15, 0.2) is 24.3 Å². The number of aliphatic carboxylic acids is 4. The van der Waals surface area contributed by atoms with Crippen molar-refractivity contribution >= 4 is 32.3 Å². The third-order valence-electron chi connectivity index (χ3n) is 0.737. The van der Waals surface area contributed by atoms with Gasteiger partial charge in [0.05, 0.1) is 0 Å². The van der Waals surface area contributed by atoms with Crippen LogP contribution in [0.1, 0.15) is 0 Å². The smallest absolute Gasteiger partial charge is 0.328 e. The second kappa shape index (κ2) is 11.5. The van der Waals surface area contributed by atoms with Crippen molar-refractivity contribution in [1.29, 1.82) is 0 Å². The van der Waals surface area contributed by atoms with Gasteiger partial charge in [0.2, 0.25) is 0 Å². The Morgan fingerprint density at radius 3 is 0.706 bits per heavy atom. The SMILES string of the molecule is O=C(O)/C=C\C(=O)O.O=C(O)/C=C\C(=O)O.[B]. The van der Waals surface area contributed by atoms with Crippen LogP contribution in [-0.4, -0.2) is 52.7 Å². The van der Waals surface area contributed by atoms with Gasteiger partial charge in [-0.05, 0) is 0 Å². The van der Waals surface area contributed by atoms with Crippen LogP contribution in [0, 0.1) is 0 Å². The summed E-state index contributed by atoms with van der Waals surface area (Å²) in [5.41, 5.74) is 0. The Hall–Kier alpha value is -2.58. The molecule has 91 valence electrons. The fraction of sp³-hybridized carbons (Fsp3) is 0. The quantitative estimate of drug-likeness (QED) is 0.364. The molecule has 0 aromatic carbocycles. The van der Waals surface area contributed by atoms with Gasteiger partial charge in [-0.25, -0.2) is 19.2 Å². The molecule has 9 heteroatoms. The zero-order valence-corrected chi connectivity index (χ0v) is 8.31. The van der Waals surface area contributed by atoms with Gasteiger partial charge < -0.3 is 20.4 Å². The van der Waals surface area contributed by atoms with Crippen molar-refractivity contribution in [2.45, 2.75) is 0 Å². The lowest BCUT2D eigenvalue weighted by molar-refractivity contribution is -0.134. The molecule has 0 rings (SSSR count). The first-order valence-electron chi connectivity index (χ1n) is 3.53. The summed E-state index contributed by atoms with van der Waals surface area (Å²) in [5, 5.41) is 31.2. The van der Waals surface area contributed by atoms with E-state index < -0.39 is 23.9 Å². The molecule has 3 radical (unpaired) electrons. The molecule has 0 unspecified atom stereocenters. The molecule has 0 heterocycles. The number of hydrogen-bond acceptors (Lipinski definition) is 4. The van der Waals surface area contributed by atoms with E-state index in [0.717, 1.165) is 0 Å². The average molecular weight is 243 g/mol. The minimum atomic E-state index is -1.26. The Bertz CT molecular complexity index is 277. The van der Waals surface area contributed by atoms with Crippen LogP contribution in [0.5, 0.6) is 0 Å². The van der Waals surface area contributed by atoms with Crippen molar-refractivity contribution in [1.82, 2.24) is 0 Å². The largest absolute Gasteiger partial charge is 0.478 e. The van der Waals surface area contributed by atoms with Crippen molar-refractivity contribution < 1.29 is 39.6 Å². The zero-order chi connectivity index (χ0) is 13.1. The predicted molar refractivity (Wildman–Crippen MR) is 54.6 cm³/mol. The van der Waals surface area contributed by atoms with Crippen molar-refractivity contribution in [3.63, 3.8) is 0 Å². The normalized spacial score (nSPS) is 8.94. The fourth-order valence-corrected chi connectivity index (χ4v) is 0.285. The van der Waals surface area contributed by atoms with E-state index in [1.165, 1.54) is 0 Å². The van der Waals surface area contributed by atoms with Gasteiger partial charge in [0.25, 0.3) is 0 Å². The molecule has 0 aliphatic carbocycles. The molecule has 0 aromatic rings. The maximum atomic E-state index is 9.55. The second-order valence-corrected chi connectivity index (χ2v) is 2.02. The average Bonchev–Trinajstić information content (AvgIpc) is 2.12. The van der Waals surface area contributed by atoms with Crippen LogP contribution in [-0.2, 0) is 19.2 Å². The first-order chi connectivity index (χ1) is 7.25. The zero-order valence-electron chi connectivity index (χ0n) is 8.31. The van der Waals surface area contributed by atoms with Crippen molar-refractivity contribution in [3.05, 3.63) is 24.3 Å². The van der Waals surface area contributed by atoms with Gasteiger partial charge in [-0.1, -0.05) is 0 Å². The Balaban J connectivity index is -0.000000218. The highest BCUT2D eigenvalue weighted by atomic mass is 16.4. The summed E-state index contributed by atoms with van der Waals surface area (Å²) >= 11 is 0. The molecule has 0 aromatic heterocycles. The van der Waals surface area contributed by atoms with Crippen LogP contribution in [0.3, 0.4) is 0 Å². The summed E-state index contributed by atoms with van der Waals surface area (Å²) in [7, 11) is 0. The van der Waals surface area contributed by atoms with Crippen LogP contribution in [0.2, 0.25) is 0 Å². The lowest BCUT2D eigenvalue weighted by Gasteiger charge is -1.74. The molecule has 0 saturated carbocycles. The van der Waals surface area contributed by atoms with Crippen molar-refractivity contribution in [2.75, 3.05) is 0 Å². The fourth-order valence-electron chi connectivity index (χ4n) is 0.285. The first-order valence-corrected chi connectivity index (χ1v) is 3.53. The first kappa shape index (κ1) is 19.9. The van der Waals surface area contributed by atoms with Crippen LogP contribution in [0.25, 0.3) is 0 Å². The lowest BCUT2D eigenvalue weighted by Crippen LogP contribution is -1.91. The van der Waals surface area contributed by atoms with E-state index in [-0.39, 0.29) is 8.41 Å². The van der Waals surface area contributed by atoms with Crippen molar-refractivity contribution in [2.24, 2.45) is 0 Å². The molecule has 0 atom stereocenters. The minimum Gasteiger partial charge on any atom is -0.478 e. The van der Waals surface area contributed by atoms with E-state index in [1.54, 1.807) is 0 Å². The Kier molecular flexibility index (Phi) is 13.5. The highest BCUT2D eigenvalue weighted by Crippen LogP contribution is 1.71. The van der Waals surface area contributed by atoms with E-state index in [2.05, 4.69) is 0 Å². The van der Waals surface area contributed by atoms with Gasteiger partial charge >= 0.3 is 23.9 Å². The number of hydrogen-bond donors (Lipinski definition) is 4. The third-order valence-corrected chi connectivity index (χ3v) is 0.737. The molecule has 0 aliphatic heterocycles. The molecule has 4 N–H and O–H groups in total. The summed E-state index contributed by atoms with van der Waals surface area (Å²) < 4.78 is 0. The molecule has 0 bridgehead atoms. The number of rotatable bonds is 4. The third kappa shape index (κ3) is 31.8. The van der Waals surface area contributed by atoms with Crippen LogP contribution >= 0.6 is 0 Å². The van der Waals surface area contributed by atoms with Gasteiger partial charge in [-0.2, -0.15) is 0 Å².